The number of ether oxygens (including phenoxy) is 3. The average Bonchev–Trinajstić information content (AvgIpc) is 2.91. The van der Waals surface area contributed by atoms with Crippen LogP contribution >= 0.6 is 0 Å². The van der Waals surface area contributed by atoms with Crippen LogP contribution in [-0.2, 0) is 14.5 Å². The number of aliphatic hydroxyl groups excluding tert-OH is 1. The van der Waals surface area contributed by atoms with Gasteiger partial charge in [0.1, 0.15) is 27.6 Å². The molecule has 0 aromatic heterocycles. The first-order chi connectivity index (χ1) is 18.2. The minimum atomic E-state index is -4.84. The largest absolute Gasteiger partial charge is 0.573 e. The first-order valence-corrected chi connectivity index (χ1v) is 13.2. The fourth-order valence-corrected chi connectivity index (χ4v) is 5.70. The predicted molar refractivity (Wildman–Crippen MR) is 136 cm³/mol. The Morgan fingerprint density at radius 1 is 1.00 bits per heavy atom. The Balaban J connectivity index is 1.41. The molecule has 3 aromatic rings. The molecule has 0 amide bonds. The quantitative estimate of drug-likeness (QED) is 0.351. The van der Waals surface area contributed by atoms with E-state index in [9.17, 15) is 22.5 Å². The molecular formula is C26H24F3N3O5S. The monoisotopic (exact) mass is 547 g/mol. The van der Waals surface area contributed by atoms with Crippen LogP contribution in [0.15, 0.2) is 87.0 Å². The standard InChI is InChI=1S/C26H24F3N3O5S/c1-30-38(34,18-12-10-17(11-13-18)37-26(27,28)29)16-31-19-14-35-15-22(25(19)33)32-20-6-2-4-8-23(20)36-24-9-5-3-7-21(24)32/h2-13,16,19,22,25,33H,14-15H2,1H3/b31-16-/t19-,22+,25+,38?/m1/s1. The number of aliphatic imine (C=N–C) groups is 1. The summed E-state index contributed by atoms with van der Waals surface area (Å²) in [5.74, 6) is 0.825. The lowest BCUT2D eigenvalue weighted by Crippen LogP contribution is -2.54. The Kier molecular flexibility index (Phi) is 7.03. The molecule has 8 nitrogen and oxygen atoms in total. The maximum atomic E-state index is 13.5. The summed E-state index contributed by atoms with van der Waals surface area (Å²) in [6.07, 6.45) is -5.85. The summed E-state index contributed by atoms with van der Waals surface area (Å²) in [7, 11) is -1.91. The second-order valence-electron chi connectivity index (χ2n) is 8.60. The van der Waals surface area contributed by atoms with Crippen molar-refractivity contribution in [3.05, 3.63) is 72.8 Å². The zero-order chi connectivity index (χ0) is 26.9. The Morgan fingerprint density at radius 2 is 1.61 bits per heavy atom. The van der Waals surface area contributed by atoms with Crippen LogP contribution in [0, 0.1) is 0 Å². The van der Waals surface area contributed by atoms with Gasteiger partial charge in [0.05, 0.1) is 41.1 Å². The van der Waals surface area contributed by atoms with Gasteiger partial charge in [-0.2, -0.15) is 0 Å². The van der Waals surface area contributed by atoms with Crippen molar-refractivity contribution in [3.63, 3.8) is 0 Å². The summed E-state index contributed by atoms with van der Waals surface area (Å²) in [5.41, 5.74) is 2.65. The van der Waals surface area contributed by atoms with E-state index >= 15 is 0 Å². The molecule has 0 bridgehead atoms. The number of alkyl halides is 3. The van der Waals surface area contributed by atoms with Gasteiger partial charge in [-0.25, -0.2) is 8.57 Å². The highest BCUT2D eigenvalue weighted by molar-refractivity contribution is 8.06. The lowest BCUT2D eigenvalue weighted by molar-refractivity contribution is -0.274. The van der Waals surface area contributed by atoms with E-state index in [0.29, 0.717) is 11.5 Å². The van der Waals surface area contributed by atoms with Crippen LogP contribution in [0.1, 0.15) is 0 Å². The molecule has 0 radical (unpaired) electrons. The molecule has 0 saturated carbocycles. The van der Waals surface area contributed by atoms with Gasteiger partial charge >= 0.3 is 6.36 Å². The molecule has 3 aromatic carbocycles. The molecule has 2 heterocycles. The van der Waals surface area contributed by atoms with E-state index in [-0.39, 0.29) is 18.1 Å². The third kappa shape index (κ3) is 5.19. The molecule has 12 heteroatoms. The Bertz CT molecular complexity index is 1410. The first kappa shape index (κ1) is 26.0. The number of para-hydroxylation sites is 4. The molecule has 1 N–H and O–H groups in total. The fourth-order valence-electron chi connectivity index (χ4n) is 4.42. The number of fused-ring (bicyclic) bond motifs is 2. The van der Waals surface area contributed by atoms with Crippen molar-refractivity contribution in [2.75, 3.05) is 25.2 Å². The molecule has 1 unspecified atom stereocenters. The highest BCUT2D eigenvalue weighted by atomic mass is 32.2. The molecule has 2 aliphatic rings. The van der Waals surface area contributed by atoms with Gasteiger partial charge in [-0.05, 0) is 48.5 Å². The predicted octanol–water partition coefficient (Wildman–Crippen LogP) is 5.14. The summed E-state index contributed by atoms with van der Waals surface area (Å²) in [6.45, 7) is 0.295. The van der Waals surface area contributed by atoms with Gasteiger partial charge in [-0.3, -0.25) is 4.99 Å². The number of halogens is 3. The van der Waals surface area contributed by atoms with Crippen LogP contribution in [-0.4, -0.2) is 59.7 Å². The minimum Gasteiger partial charge on any atom is -0.453 e. The Labute approximate surface area is 217 Å². The van der Waals surface area contributed by atoms with Crippen molar-refractivity contribution in [2.45, 2.75) is 29.4 Å². The maximum absolute atomic E-state index is 13.5. The van der Waals surface area contributed by atoms with Gasteiger partial charge in [-0.1, -0.05) is 24.3 Å². The van der Waals surface area contributed by atoms with Gasteiger partial charge in [0.2, 0.25) is 0 Å². The molecule has 1 saturated heterocycles. The van der Waals surface area contributed by atoms with Gasteiger partial charge in [0.25, 0.3) is 0 Å². The molecular weight excluding hydrogens is 523 g/mol. The number of aliphatic hydroxyl groups is 1. The number of hydrogen-bond acceptors (Lipinski definition) is 8. The topological polar surface area (TPSA) is 93.0 Å². The van der Waals surface area contributed by atoms with Crippen LogP contribution in [0.25, 0.3) is 0 Å². The fraction of sp³-hybridized carbons (Fsp3) is 0.269. The molecule has 200 valence electrons. The first-order valence-electron chi connectivity index (χ1n) is 11.6. The van der Waals surface area contributed by atoms with E-state index in [2.05, 4.69) is 14.1 Å². The molecule has 4 atom stereocenters. The number of hydrogen-bond donors (Lipinski definition) is 1. The van der Waals surface area contributed by atoms with Crippen molar-refractivity contribution in [1.82, 2.24) is 0 Å². The third-order valence-electron chi connectivity index (χ3n) is 6.23. The van der Waals surface area contributed by atoms with E-state index in [1.807, 2.05) is 53.4 Å². The lowest BCUT2D eigenvalue weighted by Gasteiger charge is -2.43. The smallest absolute Gasteiger partial charge is 0.453 e. The number of nitrogens with zero attached hydrogens (tertiary/aromatic N) is 3. The second-order valence-corrected chi connectivity index (χ2v) is 10.8. The molecule has 0 aliphatic carbocycles. The van der Waals surface area contributed by atoms with Gasteiger partial charge < -0.3 is 24.2 Å². The zero-order valence-electron chi connectivity index (χ0n) is 20.1. The van der Waals surface area contributed by atoms with E-state index in [0.717, 1.165) is 29.1 Å². The van der Waals surface area contributed by atoms with Crippen molar-refractivity contribution in [3.8, 4) is 17.2 Å². The normalized spacial score (nSPS) is 22.7. The van der Waals surface area contributed by atoms with Crippen molar-refractivity contribution in [2.24, 2.45) is 9.36 Å². The number of benzene rings is 3. The molecule has 1 fully saturated rings. The van der Waals surface area contributed by atoms with Crippen LogP contribution in [0.4, 0.5) is 24.5 Å². The summed E-state index contributed by atoms with van der Waals surface area (Å²) in [6, 6.07) is 18.2. The number of rotatable bonds is 5. The summed E-state index contributed by atoms with van der Waals surface area (Å²) in [4.78, 5) is 6.49. The summed E-state index contributed by atoms with van der Waals surface area (Å²) in [5, 5.41) is 11.4. The van der Waals surface area contributed by atoms with Crippen molar-refractivity contribution in [1.29, 1.82) is 0 Å². The minimum absolute atomic E-state index is 0.0827. The van der Waals surface area contributed by atoms with Crippen molar-refractivity contribution < 1.29 is 36.7 Å². The number of anilines is 2. The van der Waals surface area contributed by atoms with E-state index < -0.39 is 40.0 Å². The summed E-state index contributed by atoms with van der Waals surface area (Å²) < 4.78 is 70.6. The van der Waals surface area contributed by atoms with Gasteiger partial charge in [0, 0.05) is 7.05 Å². The molecule has 5 rings (SSSR count). The highest BCUT2D eigenvalue weighted by Gasteiger charge is 2.40. The van der Waals surface area contributed by atoms with E-state index in [4.69, 9.17) is 9.47 Å². The Morgan fingerprint density at radius 3 is 2.18 bits per heavy atom. The molecule has 0 spiro atoms. The van der Waals surface area contributed by atoms with Crippen LogP contribution in [0.5, 0.6) is 17.2 Å². The van der Waals surface area contributed by atoms with Gasteiger partial charge in [0.15, 0.2) is 11.5 Å². The van der Waals surface area contributed by atoms with Crippen molar-refractivity contribution >= 4 is 26.7 Å². The summed E-state index contributed by atoms with van der Waals surface area (Å²) >= 11 is 0. The average molecular weight is 548 g/mol. The van der Waals surface area contributed by atoms with Gasteiger partial charge in [-0.15, -0.1) is 13.2 Å². The van der Waals surface area contributed by atoms with Crippen LogP contribution in [0.2, 0.25) is 0 Å². The SMILES string of the molecule is CN=S(=O)(/C=N\[C@@H]1COC[C@H](N2c3ccccc3Oc3ccccc32)[C@H]1O)c1ccc(OC(F)(F)F)cc1. The van der Waals surface area contributed by atoms with Crippen LogP contribution < -0.4 is 14.4 Å². The maximum Gasteiger partial charge on any atom is 0.573 e. The van der Waals surface area contributed by atoms with E-state index in [1.165, 1.54) is 19.2 Å². The van der Waals surface area contributed by atoms with Crippen LogP contribution in [0.3, 0.4) is 0 Å². The third-order valence-corrected chi connectivity index (χ3v) is 8.13. The Hall–Kier alpha value is -3.61. The highest BCUT2D eigenvalue weighted by Crippen LogP contribution is 2.48. The lowest BCUT2D eigenvalue weighted by atomic mass is 9.98. The zero-order valence-corrected chi connectivity index (χ0v) is 20.9. The molecule has 2 aliphatic heterocycles. The van der Waals surface area contributed by atoms with E-state index in [1.54, 1.807) is 0 Å². The molecule has 38 heavy (non-hydrogen) atoms. The second kappa shape index (κ2) is 10.3.